The maximum atomic E-state index is 12.9. The highest BCUT2D eigenvalue weighted by Crippen LogP contribution is 2.31. The van der Waals surface area contributed by atoms with Gasteiger partial charge in [0.2, 0.25) is 10.0 Å². The number of hydrogen-bond donors (Lipinski definition) is 0. The average molecular weight is 401 g/mol. The molecule has 0 spiro atoms. The van der Waals surface area contributed by atoms with Crippen LogP contribution in [0.5, 0.6) is 5.75 Å². The summed E-state index contributed by atoms with van der Waals surface area (Å²) in [5.41, 5.74) is 0.680. The lowest BCUT2D eigenvalue weighted by Crippen LogP contribution is -2.41. The fraction of sp³-hybridized carbons (Fsp3) is 0.353. The van der Waals surface area contributed by atoms with Gasteiger partial charge in [0, 0.05) is 24.3 Å². The summed E-state index contributed by atoms with van der Waals surface area (Å²) in [5, 5.41) is 0.594. The van der Waals surface area contributed by atoms with Gasteiger partial charge in [0.25, 0.3) is 0 Å². The van der Waals surface area contributed by atoms with Crippen LogP contribution in [-0.2, 0) is 10.0 Å². The third-order valence-corrected chi connectivity index (χ3v) is 6.94. The molecule has 0 N–H and O–H groups in total. The highest BCUT2D eigenvalue weighted by molar-refractivity contribution is 7.89. The molecule has 3 rings (SSSR count). The molecule has 0 saturated carbocycles. The van der Waals surface area contributed by atoms with Gasteiger partial charge in [-0.2, -0.15) is 4.31 Å². The Morgan fingerprint density at radius 1 is 1.20 bits per heavy atom. The molecule has 1 saturated heterocycles. The van der Waals surface area contributed by atoms with Gasteiger partial charge in [0.15, 0.2) is 0 Å². The summed E-state index contributed by atoms with van der Waals surface area (Å²) in [6, 6.07) is 6.65. The van der Waals surface area contributed by atoms with Crippen molar-refractivity contribution >= 4 is 33.2 Å². The zero-order valence-electron chi connectivity index (χ0n) is 13.7. The van der Waals surface area contributed by atoms with E-state index in [1.165, 1.54) is 16.4 Å². The predicted molar refractivity (Wildman–Crippen MR) is 97.8 cm³/mol. The topological polar surface area (TPSA) is 59.5 Å². The van der Waals surface area contributed by atoms with Gasteiger partial charge < -0.3 is 4.74 Å². The quantitative estimate of drug-likeness (QED) is 0.779. The maximum Gasteiger partial charge on any atom is 0.244 e. The highest BCUT2D eigenvalue weighted by atomic mass is 35.5. The SMILES string of the molecule is Cc1cc(S(=O)(=O)N2CCC(Oc3cccnc3)CC2)c(Cl)cc1Cl. The lowest BCUT2D eigenvalue weighted by atomic mass is 10.1. The molecular formula is C17H18Cl2N2O3S. The first-order chi connectivity index (χ1) is 11.9. The van der Waals surface area contributed by atoms with E-state index in [4.69, 9.17) is 27.9 Å². The summed E-state index contributed by atoms with van der Waals surface area (Å²) >= 11 is 12.1. The minimum Gasteiger partial charge on any atom is -0.489 e. The zero-order chi connectivity index (χ0) is 18.0. The van der Waals surface area contributed by atoms with Gasteiger partial charge in [0.05, 0.1) is 11.2 Å². The summed E-state index contributed by atoms with van der Waals surface area (Å²) in [7, 11) is -3.65. The number of nitrogens with zero attached hydrogens (tertiary/aromatic N) is 2. The minimum absolute atomic E-state index is 0.0296. The van der Waals surface area contributed by atoms with Gasteiger partial charge in [-0.15, -0.1) is 0 Å². The highest BCUT2D eigenvalue weighted by Gasteiger charge is 2.32. The summed E-state index contributed by atoms with van der Waals surface area (Å²) in [5.74, 6) is 0.695. The Labute approximate surface area is 157 Å². The Hall–Kier alpha value is -1.34. The van der Waals surface area contributed by atoms with Gasteiger partial charge >= 0.3 is 0 Å². The third kappa shape index (κ3) is 4.08. The van der Waals surface area contributed by atoms with Crippen LogP contribution in [0.25, 0.3) is 0 Å². The number of hydrogen-bond acceptors (Lipinski definition) is 4. The second-order valence-corrected chi connectivity index (χ2v) is 8.66. The van der Waals surface area contributed by atoms with E-state index in [0.29, 0.717) is 42.3 Å². The van der Waals surface area contributed by atoms with Crippen LogP contribution >= 0.6 is 23.2 Å². The van der Waals surface area contributed by atoms with Crippen molar-refractivity contribution in [1.82, 2.24) is 9.29 Å². The first-order valence-electron chi connectivity index (χ1n) is 7.90. The predicted octanol–water partition coefficient (Wildman–Crippen LogP) is 3.93. The number of ether oxygens (including phenoxy) is 1. The van der Waals surface area contributed by atoms with Gasteiger partial charge in [-0.3, -0.25) is 4.98 Å². The van der Waals surface area contributed by atoms with E-state index in [9.17, 15) is 8.42 Å². The van der Waals surface area contributed by atoms with Gasteiger partial charge in [-0.25, -0.2) is 8.42 Å². The Morgan fingerprint density at radius 2 is 1.92 bits per heavy atom. The second-order valence-electron chi connectivity index (χ2n) is 5.94. The van der Waals surface area contributed by atoms with Crippen LogP contribution in [-0.4, -0.2) is 36.9 Å². The molecule has 5 nitrogen and oxygen atoms in total. The molecular weight excluding hydrogens is 383 g/mol. The molecule has 0 atom stereocenters. The van der Waals surface area contributed by atoms with Gasteiger partial charge in [-0.05, 0) is 49.6 Å². The Kier molecular flexibility index (Phi) is 5.53. The Balaban J connectivity index is 1.71. The molecule has 134 valence electrons. The van der Waals surface area contributed by atoms with Crippen LogP contribution in [0.2, 0.25) is 10.0 Å². The average Bonchev–Trinajstić information content (AvgIpc) is 2.59. The molecule has 1 aliphatic heterocycles. The first kappa shape index (κ1) is 18.5. The largest absolute Gasteiger partial charge is 0.489 e. The van der Waals surface area contributed by atoms with Crippen molar-refractivity contribution in [2.24, 2.45) is 0 Å². The number of benzene rings is 1. The van der Waals surface area contributed by atoms with E-state index in [0.717, 1.165) is 0 Å². The molecule has 0 aliphatic carbocycles. The number of pyridine rings is 1. The molecule has 8 heteroatoms. The number of halogens is 2. The lowest BCUT2D eigenvalue weighted by molar-refractivity contribution is 0.134. The first-order valence-corrected chi connectivity index (χ1v) is 10.1. The van der Waals surface area contributed by atoms with Crippen LogP contribution in [0.3, 0.4) is 0 Å². The molecule has 1 aliphatic rings. The van der Waals surface area contributed by atoms with E-state index in [-0.39, 0.29) is 16.0 Å². The zero-order valence-corrected chi connectivity index (χ0v) is 16.0. The van der Waals surface area contributed by atoms with Crippen molar-refractivity contribution in [3.63, 3.8) is 0 Å². The molecule has 1 fully saturated rings. The molecule has 0 radical (unpaired) electrons. The van der Waals surface area contributed by atoms with E-state index in [2.05, 4.69) is 4.98 Å². The van der Waals surface area contributed by atoms with E-state index >= 15 is 0 Å². The molecule has 0 bridgehead atoms. The number of rotatable bonds is 4. The van der Waals surface area contributed by atoms with Crippen LogP contribution in [0.15, 0.2) is 41.6 Å². The third-order valence-electron chi connectivity index (χ3n) is 4.17. The molecule has 25 heavy (non-hydrogen) atoms. The van der Waals surface area contributed by atoms with E-state index < -0.39 is 10.0 Å². The second kappa shape index (κ2) is 7.50. The van der Waals surface area contributed by atoms with Crippen LogP contribution in [0.1, 0.15) is 18.4 Å². The Morgan fingerprint density at radius 3 is 2.56 bits per heavy atom. The summed E-state index contributed by atoms with van der Waals surface area (Å²) in [4.78, 5) is 4.11. The van der Waals surface area contributed by atoms with Gasteiger partial charge in [-0.1, -0.05) is 23.2 Å². The maximum absolute atomic E-state index is 12.9. The molecule has 1 aromatic heterocycles. The van der Waals surface area contributed by atoms with Gasteiger partial charge in [0.1, 0.15) is 16.7 Å². The summed E-state index contributed by atoms with van der Waals surface area (Å²) in [6.07, 6.45) is 4.52. The van der Waals surface area contributed by atoms with Crippen molar-refractivity contribution in [3.05, 3.63) is 52.3 Å². The van der Waals surface area contributed by atoms with Crippen molar-refractivity contribution in [1.29, 1.82) is 0 Å². The van der Waals surface area contributed by atoms with E-state index in [1.807, 2.05) is 6.07 Å². The van der Waals surface area contributed by atoms with Crippen LogP contribution in [0.4, 0.5) is 0 Å². The van der Waals surface area contributed by atoms with Crippen molar-refractivity contribution in [3.8, 4) is 5.75 Å². The van der Waals surface area contributed by atoms with Crippen molar-refractivity contribution < 1.29 is 13.2 Å². The van der Waals surface area contributed by atoms with Crippen molar-refractivity contribution in [2.45, 2.75) is 30.8 Å². The standard InChI is InChI=1S/C17H18Cl2N2O3S/c1-12-9-17(16(19)10-15(12)18)25(22,23)21-7-4-13(5-8-21)24-14-3-2-6-20-11-14/h2-3,6,9-11,13H,4-5,7-8H2,1H3. The summed E-state index contributed by atoms with van der Waals surface area (Å²) in [6.45, 7) is 2.52. The molecule has 2 aromatic rings. The summed E-state index contributed by atoms with van der Waals surface area (Å²) < 4.78 is 33.1. The fourth-order valence-electron chi connectivity index (χ4n) is 2.77. The van der Waals surface area contributed by atoms with Crippen LogP contribution < -0.4 is 4.74 Å². The van der Waals surface area contributed by atoms with E-state index in [1.54, 1.807) is 25.4 Å². The lowest BCUT2D eigenvalue weighted by Gasteiger charge is -2.31. The number of piperidine rings is 1. The minimum atomic E-state index is -3.65. The number of aryl methyl sites for hydroxylation is 1. The van der Waals surface area contributed by atoms with Crippen LogP contribution in [0, 0.1) is 6.92 Å². The molecule has 0 amide bonds. The number of sulfonamides is 1. The molecule has 0 unspecified atom stereocenters. The smallest absolute Gasteiger partial charge is 0.244 e. The molecule has 2 heterocycles. The Bertz CT molecular complexity index is 852. The fourth-order valence-corrected chi connectivity index (χ4v) is 5.04. The normalized spacial score (nSPS) is 16.8. The number of aromatic nitrogens is 1. The monoisotopic (exact) mass is 400 g/mol. The molecule has 1 aromatic carbocycles. The van der Waals surface area contributed by atoms with Crippen molar-refractivity contribution in [2.75, 3.05) is 13.1 Å².